The highest BCUT2D eigenvalue weighted by molar-refractivity contribution is 7.16. The molecule has 0 aliphatic carbocycles. The number of aromatic nitrogens is 2. The summed E-state index contributed by atoms with van der Waals surface area (Å²) in [5, 5.41) is 3.70. The normalized spacial score (nSPS) is 12.3. The van der Waals surface area contributed by atoms with Crippen LogP contribution in [0.2, 0.25) is 0 Å². The molecule has 108 valence electrons. The summed E-state index contributed by atoms with van der Waals surface area (Å²) in [5.74, 6) is 0.212. The maximum atomic E-state index is 12.1. The molecule has 1 aromatic carbocycles. The highest BCUT2D eigenvalue weighted by Crippen LogP contribution is 2.22. The van der Waals surface area contributed by atoms with E-state index in [1.807, 2.05) is 11.6 Å². The summed E-state index contributed by atoms with van der Waals surface area (Å²) in [4.78, 5) is 16.9. The molecule has 0 aliphatic rings. The number of aryl methyl sites for hydroxylation is 4. The predicted molar refractivity (Wildman–Crippen MR) is 81.4 cm³/mol. The number of hydrogen-bond donors (Lipinski definition) is 0. The van der Waals surface area contributed by atoms with Crippen molar-refractivity contribution in [1.82, 2.24) is 9.72 Å². The Bertz CT molecular complexity index is 915. The average Bonchev–Trinajstić information content (AvgIpc) is 2.97. The Morgan fingerprint density at radius 3 is 2.71 bits per heavy atom. The molecule has 21 heavy (non-hydrogen) atoms. The summed E-state index contributed by atoms with van der Waals surface area (Å²) in [7, 11) is 1.91. The summed E-state index contributed by atoms with van der Waals surface area (Å²) in [6, 6.07) is 5.82. The number of thiazole rings is 1. The van der Waals surface area contributed by atoms with E-state index in [1.165, 1.54) is 22.5 Å². The van der Waals surface area contributed by atoms with Crippen molar-refractivity contribution < 1.29 is 9.32 Å². The van der Waals surface area contributed by atoms with Crippen LogP contribution in [-0.4, -0.2) is 15.6 Å². The minimum Gasteiger partial charge on any atom is -0.361 e. The third-order valence-corrected chi connectivity index (χ3v) is 4.57. The van der Waals surface area contributed by atoms with Gasteiger partial charge < -0.3 is 9.09 Å². The first-order valence-electron chi connectivity index (χ1n) is 6.55. The number of rotatable bonds is 1. The van der Waals surface area contributed by atoms with Crippen LogP contribution in [0.25, 0.3) is 10.2 Å². The van der Waals surface area contributed by atoms with Gasteiger partial charge in [0.1, 0.15) is 5.76 Å². The lowest BCUT2D eigenvalue weighted by Crippen LogP contribution is -2.13. The highest BCUT2D eigenvalue weighted by atomic mass is 32.1. The molecule has 0 bridgehead atoms. The van der Waals surface area contributed by atoms with Crippen molar-refractivity contribution >= 4 is 27.5 Å². The summed E-state index contributed by atoms with van der Waals surface area (Å²) >= 11 is 1.51. The molecule has 0 spiro atoms. The second-order valence-electron chi connectivity index (χ2n) is 5.11. The number of fused-ring (bicyclic) bond motifs is 1. The van der Waals surface area contributed by atoms with Crippen molar-refractivity contribution in [3.63, 3.8) is 0 Å². The standard InChI is InChI=1S/C15H15N3O2S/c1-8-5-9(2)13-12(6-8)18(4)15(21-13)16-14(19)11-7-10(3)20-17-11/h5-7H,1-4H3. The number of hydrogen-bond acceptors (Lipinski definition) is 4. The molecule has 3 rings (SSSR count). The topological polar surface area (TPSA) is 60.4 Å². The Kier molecular flexibility index (Phi) is 3.25. The van der Waals surface area contributed by atoms with Crippen molar-refractivity contribution in [2.45, 2.75) is 20.8 Å². The minimum absolute atomic E-state index is 0.234. The molecule has 0 unspecified atom stereocenters. The molecular formula is C15H15N3O2S. The average molecular weight is 301 g/mol. The van der Waals surface area contributed by atoms with Crippen LogP contribution in [0.5, 0.6) is 0 Å². The van der Waals surface area contributed by atoms with Crippen LogP contribution >= 0.6 is 11.3 Å². The molecule has 0 atom stereocenters. The van der Waals surface area contributed by atoms with Crippen molar-refractivity contribution in [3.8, 4) is 0 Å². The molecule has 1 amide bonds. The van der Waals surface area contributed by atoms with Crippen molar-refractivity contribution in [2.75, 3.05) is 0 Å². The zero-order chi connectivity index (χ0) is 15.1. The van der Waals surface area contributed by atoms with E-state index in [0.29, 0.717) is 10.6 Å². The number of amides is 1. The third-order valence-electron chi connectivity index (χ3n) is 3.29. The van der Waals surface area contributed by atoms with Gasteiger partial charge in [0.15, 0.2) is 10.5 Å². The molecule has 0 radical (unpaired) electrons. The minimum atomic E-state index is -0.386. The van der Waals surface area contributed by atoms with Gasteiger partial charge in [0.25, 0.3) is 0 Å². The molecule has 0 aliphatic heterocycles. The van der Waals surface area contributed by atoms with Gasteiger partial charge in [-0.05, 0) is 38.0 Å². The molecule has 3 aromatic rings. The fraction of sp³-hybridized carbons (Fsp3) is 0.267. The van der Waals surface area contributed by atoms with E-state index in [9.17, 15) is 4.79 Å². The zero-order valence-electron chi connectivity index (χ0n) is 12.3. The van der Waals surface area contributed by atoms with Crippen LogP contribution in [0.1, 0.15) is 27.4 Å². The smallest absolute Gasteiger partial charge is 0.301 e. The van der Waals surface area contributed by atoms with E-state index < -0.39 is 0 Å². The maximum absolute atomic E-state index is 12.1. The fourth-order valence-corrected chi connectivity index (χ4v) is 3.35. The molecular weight excluding hydrogens is 286 g/mol. The van der Waals surface area contributed by atoms with E-state index in [2.05, 4.69) is 36.1 Å². The molecule has 5 nitrogen and oxygen atoms in total. The summed E-state index contributed by atoms with van der Waals surface area (Å²) < 4.78 is 7.99. The van der Waals surface area contributed by atoms with E-state index in [1.54, 1.807) is 13.0 Å². The van der Waals surface area contributed by atoms with Gasteiger partial charge in [-0.1, -0.05) is 22.6 Å². The first-order chi connectivity index (χ1) is 9.95. The monoisotopic (exact) mass is 301 g/mol. The Hall–Kier alpha value is -2.21. The van der Waals surface area contributed by atoms with Crippen molar-refractivity contribution in [3.05, 3.63) is 45.6 Å². The number of carbonyl (C=O) groups excluding carboxylic acids is 1. The first kappa shape index (κ1) is 13.8. The largest absolute Gasteiger partial charge is 0.361 e. The van der Waals surface area contributed by atoms with Gasteiger partial charge >= 0.3 is 5.91 Å². The Labute approximate surface area is 125 Å². The van der Waals surface area contributed by atoms with E-state index in [0.717, 1.165) is 10.2 Å². The quantitative estimate of drug-likeness (QED) is 0.694. The molecule has 0 fully saturated rings. The van der Waals surface area contributed by atoms with Crippen LogP contribution in [0.15, 0.2) is 27.7 Å². The van der Waals surface area contributed by atoms with E-state index >= 15 is 0 Å². The van der Waals surface area contributed by atoms with Crippen molar-refractivity contribution in [1.29, 1.82) is 0 Å². The summed E-state index contributed by atoms with van der Waals surface area (Å²) in [6.07, 6.45) is 0. The van der Waals surface area contributed by atoms with Gasteiger partial charge in [0, 0.05) is 13.1 Å². The van der Waals surface area contributed by atoms with Gasteiger partial charge in [-0.3, -0.25) is 4.79 Å². The van der Waals surface area contributed by atoms with Crippen LogP contribution in [0, 0.1) is 20.8 Å². The molecule has 0 saturated carbocycles. The molecule has 0 saturated heterocycles. The lowest BCUT2D eigenvalue weighted by molar-refractivity contribution is 0.0989. The molecule has 0 N–H and O–H groups in total. The second-order valence-corrected chi connectivity index (χ2v) is 6.09. The Morgan fingerprint density at radius 2 is 2.05 bits per heavy atom. The van der Waals surface area contributed by atoms with Gasteiger partial charge in [-0.15, -0.1) is 0 Å². The predicted octanol–water partition coefficient (Wildman–Crippen LogP) is 2.89. The second kappa shape index (κ2) is 4.96. The molecule has 6 heteroatoms. The number of carbonyl (C=O) groups is 1. The van der Waals surface area contributed by atoms with Gasteiger partial charge in [0.05, 0.1) is 10.2 Å². The number of benzene rings is 1. The first-order valence-corrected chi connectivity index (χ1v) is 7.36. The number of nitrogens with zero attached hydrogens (tertiary/aromatic N) is 3. The lowest BCUT2D eigenvalue weighted by atomic mass is 10.1. The fourth-order valence-electron chi connectivity index (χ4n) is 2.29. The lowest BCUT2D eigenvalue weighted by Gasteiger charge is -2.00. The Balaban J connectivity index is 2.16. The molecule has 2 aromatic heterocycles. The van der Waals surface area contributed by atoms with E-state index in [-0.39, 0.29) is 11.6 Å². The maximum Gasteiger partial charge on any atom is 0.301 e. The third kappa shape index (κ3) is 2.42. The summed E-state index contributed by atoms with van der Waals surface area (Å²) in [6.45, 7) is 5.87. The summed E-state index contributed by atoms with van der Waals surface area (Å²) in [5.41, 5.74) is 3.70. The van der Waals surface area contributed by atoms with Crippen LogP contribution in [0.4, 0.5) is 0 Å². The van der Waals surface area contributed by atoms with Gasteiger partial charge in [-0.2, -0.15) is 4.99 Å². The SMILES string of the molecule is Cc1cc(C)c2sc(=NC(=O)c3cc(C)on3)n(C)c2c1. The highest BCUT2D eigenvalue weighted by Gasteiger charge is 2.12. The molecule has 2 heterocycles. The van der Waals surface area contributed by atoms with Crippen LogP contribution in [-0.2, 0) is 7.05 Å². The van der Waals surface area contributed by atoms with Gasteiger partial charge in [0.2, 0.25) is 0 Å². The van der Waals surface area contributed by atoms with Crippen LogP contribution < -0.4 is 4.80 Å². The zero-order valence-corrected chi connectivity index (χ0v) is 13.1. The Morgan fingerprint density at radius 1 is 1.29 bits per heavy atom. The van der Waals surface area contributed by atoms with E-state index in [4.69, 9.17) is 4.52 Å². The van der Waals surface area contributed by atoms with Crippen molar-refractivity contribution in [2.24, 2.45) is 12.0 Å². The van der Waals surface area contributed by atoms with Crippen LogP contribution in [0.3, 0.4) is 0 Å². The van der Waals surface area contributed by atoms with Gasteiger partial charge in [-0.25, -0.2) is 0 Å².